The van der Waals surface area contributed by atoms with Crippen LogP contribution in [-0.2, 0) is 10.5 Å². The Labute approximate surface area is 124 Å². The molecule has 0 radical (unpaired) electrons. The quantitative estimate of drug-likeness (QED) is 0.502. The van der Waals surface area contributed by atoms with Crippen LogP contribution in [0.4, 0.5) is 0 Å². The van der Waals surface area contributed by atoms with Crippen molar-refractivity contribution in [2.24, 2.45) is 0 Å². The second-order valence-electron chi connectivity index (χ2n) is 4.76. The van der Waals surface area contributed by atoms with Crippen LogP contribution in [0, 0.1) is 0 Å². The molecule has 0 fully saturated rings. The molecule has 0 saturated carbocycles. The number of carbonyl (C=O) groups is 1. The van der Waals surface area contributed by atoms with Crippen LogP contribution < -0.4 is 0 Å². The molecule has 0 spiro atoms. The summed E-state index contributed by atoms with van der Waals surface area (Å²) in [6, 6.07) is 17.2. The smallest absolute Gasteiger partial charge is 0.259 e. The molecule has 0 amide bonds. The molecule has 3 nitrogen and oxygen atoms in total. The molecule has 3 heteroatoms. The summed E-state index contributed by atoms with van der Waals surface area (Å²) in [5.41, 5.74) is 0.785. The summed E-state index contributed by atoms with van der Waals surface area (Å²) in [7, 11) is 0. The summed E-state index contributed by atoms with van der Waals surface area (Å²) in [6.45, 7) is 5.34. The monoisotopic (exact) mass is 282 g/mol. The van der Waals surface area contributed by atoms with E-state index in [1.807, 2.05) is 12.1 Å². The Morgan fingerprint density at radius 1 is 1.14 bits per heavy atom. The predicted molar refractivity (Wildman–Crippen MR) is 81.9 cm³/mol. The van der Waals surface area contributed by atoms with E-state index in [1.54, 1.807) is 55.5 Å². The third-order valence-electron chi connectivity index (χ3n) is 3.20. The Morgan fingerprint density at radius 3 is 2.19 bits per heavy atom. The van der Waals surface area contributed by atoms with Crippen LogP contribution in [-0.4, -0.2) is 17.0 Å². The average molecular weight is 282 g/mol. The van der Waals surface area contributed by atoms with Crippen LogP contribution in [0.3, 0.4) is 0 Å². The lowest BCUT2D eigenvalue weighted by Gasteiger charge is -2.29. The lowest BCUT2D eigenvalue weighted by Crippen LogP contribution is -2.41. The van der Waals surface area contributed by atoms with Gasteiger partial charge in [0.2, 0.25) is 5.78 Å². The first-order valence-corrected chi connectivity index (χ1v) is 6.76. The number of Topliss-reactive ketones (excluding diaryl/α,β-unsaturated/α-hetero) is 1. The molecule has 0 heterocycles. The Bertz CT molecular complexity index is 607. The number of ketones is 1. The highest BCUT2D eigenvalue weighted by Gasteiger charge is 2.40. The molecule has 1 N–H and O–H groups in total. The lowest BCUT2D eigenvalue weighted by atomic mass is 9.96. The van der Waals surface area contributed by atoms with Crippen molar-refractivity contribution in [3.63, 3.8) is 0 Å². The van der Waals surface area contributed by atoms with Gasteiger partial charge >= 0.3 is 0 Å². The second-order valence-corrected chi connectivity index (χ2v) is 4.76. The first-order valence-electron chi connectivity index (χ1n) is 6.76. The van der Waals surface area contributed by atoms with E-state index in [4.69, 9.17) is 4.74 Å². The van der Waals surface area contributed by atoms with Crippen LogP contribution in [0.2, 0.25) is 0 Å². The Morgan fingerprint density at radius 2 is 1.67 bits per heavy atom. The van der Waals surface area contributed by atoms with Crippen LogP contribution >= 0.6 is 0 Å². The second kappa shape index (κ2) is 6.48. The summed E-state index contributed by atoms with van der Waals surface area (Å²) in [4.78, 5) is 12.7. The molecular formula is C18H18O3. The Hall–Kier alpha value is -2.23. The van der Waals surface area contributed by atoms with Crippen molar-refractivity contribution >= 4 is 5.78 Å². The highest BCUT2D eigenvalue weighted by atomic mass is 16.6. The van der Waals surface area contributed by atoms with E-state index in [1.165, 1.54) is 6.08 Å². The van der Waals surface area contributed by atoms with Gasteiger partial charge in [0.1, 0.15) is 0 Å². The van der Waals surface area contributed by atoms with Crippen LogP contribution in [0.1, 0.15) is 22.8 Å². The average Bonchev–Trinajstić information content (AvgIpc) is 2.55. The van der Waals surface area contributed by atoms with Crippen molar-refractivity contribution in [2.45, 2.75) is 18.8 Å². The van der Waals surface area contributed by atoms with Gasteiger partial charge < -0.3 is 9.84 Å². The van der Waals surface area contributed by atoms with Gasteiger partial charge in [0.15, 0.2) is 0 Å². The zero-order chi connectivity index (χ0) is 15.3. The van der Waals surface area contributed by atoms with Crippen molar-refractivity contribution in [3.05, 3.63) is 84.4 Å². The third-order valence-corrected chi connectivity index (χ3v) is 3.20. The molecule has 0 aliphatic heterocycles. The fourth-order valence-electron chi connectivity index (χ4n) is 2.02. The highest BCUT2D eigenvalue weighted by molar-refractivity contribution is 6.01. The zero-order valence-electron chi connectivity index (χ0n) is 11.9. The molecule has 0 saturated heterocycles. The molecule has 0 aromatic heterocycles. The maximum Gasteiger partial charge on any atom is 0.259 e. The van der Waals surface area contributed by atoms with Crippen molar-refractivity contribution < 1.29 is 14.6 Å². The van der Waals surface area contributed by atoms with Gasteiger partial charge in [-0.1, -0.05) is 66.7 Å². The van der Waals surface area contributed by atoms with E-state index < -0.39 is 17.7 Å². The largest absolute Gasteiger partial charge is 0.356 e. The van der Waals surface area contributed by atoms with Crippen molar-refractivity contribution in [1.29, 1.82) is 0 Å². The number of benzene rings is 2. The molecule has 2 aromatic carbocycles. The van der Waals surface area contributed by atoms with Crippen LogP contribution in [0.5, 0.6) is 0 Å². The maximum absolute atomic E-state index is 12.7. The predicted octanol–water partition coefficient (Wildman–Crippen LogP) is 3.31. The molecule has 21 heavy (non-hydrogen) atoms. The Kier molecular flexibility index (Phi) is 4.68. The topological polar surface area (TPSA) is 46.5 Å². The van der Waals surface area contributed by atoms with Crippen LogP contribution in [0.15, 0.2) is 73.3 Å². The summed E-state index contributed by atoms with van der Waals surface area (Å²) >= 11 is 0. The lowest BCUT2D eigenvalue weighted by molar-refractivity contribution is -0.188. The molecule has 0 aliphatic rings. The fraction of sp³-hybridized carbons (Fsp3) is 0.167. The van der Waals surface area contributed by atoms with Gasteiger partial charge in [0.05, 0.1) is 6.10 Å². The number of hydrogen-bond donors (Lipinski definition) is 1. The molecule has 2 aromatic rings. The van der Waals surface area contributed by atoms with Crippen LogP contribution in [0.25, 0.3) is 0 Å². The highest BCUT2D eigenvalue weighted by Crippen LogP contribution is 2.29. The fourth-order valence-corrected chi connectivity index (χ4v) is 2.02. The van der Waals surface area contributed by atoms with Crippen molar-refractivity contribution in [2.75, 3.05) is 0 Å². The van der Waals surface area contributed by atoms with Gasteiger partial charge in [-0.2, -0.15) is 0 Å². The van der Waals surface area contributed by atoms with Gasteiger partial charge in [0, 0.05) is 11.1 Å². The number of rotatable bonds is 6. The molecule has 108 valence electrons. The van der Waals surface area contributed by atoms with E-state index in [0.717, 1.165) is 0 Å². The minimum absolute atomic E-state index is 0.389. The number of ether oxygens (including phenoxy) is 1. The maximum atomic E-state index is 12.7. The molecule has 2 unspecified atom stereocenters. The van der Waals surface area contributed by atoms with E-state index in [9.17, 15) is 9.90 Å². The van der Waals surface area contributed by atoms with E-state index >= 15 is 0 Å². The zero-order valence-corrected chi connectivity index (χ0v) is 11.9. The first-order chi connectivity index (χ1) is 10.1. The summed E-state index contributed by atoms with van der Waals surface area (Å²) in [5.74, 6) is -2.53. The van der Waals surface area contributed by atoms with Gasteiger partial charge in [-0.25, -0.2) is 0 Å². The molecular weight excluding hydrogens is 264 g/mol. The van der Waals surface area contributed by atoms with E-state index in [-0.39, 0.29) is 0 Å². The summed E-state index contributed by atoms with van der Waals surface area (Å²) in [5, 5.41) is 10.9. The first kappa shape index (κ1) is 15.2. The standard InChI is InChI=1S/C18H18O3/c1-3-14(2)21-18(20,16-12-8-5-9-13-16)17(19)15-10-6-4-7-11-15/h3-14,20H,1H2,2H3. The normalized spacial score (nSPS) is 15.0. The van der Waals surface area contributed by atoms with Gasteiger partial charge in [-0.15, -0.1) is 6.58 Å². The number of hydrogen-bond acceptors (Lipinski definition) is 3. The molecule has 0 aliphatic carbocycles. The van der Waals surface area contributed by atoms with Gasteiger partial charge in [0.25, 0.3) is 5.79 Å². The minimum atomic E-state index is -2.03. The van der Waals surface area contributed by atoms with Crippen molar-refractivity contribution in [1.82, 2.24) is 0 Å². The third kappa shape index (κ3) is 3.27. The van der Waals surface area contributed by atoms with Gasteiger partial charge in [-0.05, 0) is 6.92 Å². The summed E-state index contributed by atoms with van der Waals surface area (Å²) < 4.78 is 5.58. The number of carbonyl (C=O) groups excluding carboxylic acids is 1. The van der Waals surface area contributed by atoms with Crippen molar-refractivity contribution in [3.8, 4) is 0 Å². The number of aliphatic hydroxyl groups is 1. The molecule has 2 rings (SSSR count). The molecule has 2 atom stereocenters. The SMILES string of the molecule is C=CC(C)OC(O)(C(=O)c1ccccc1)c1ccccc1. The summed E-state index contributed by atoms with van der Waals surface area (Å²) in [6.07, 6.45) is 1.06. The van der Waals surface area contributed by atoms with E-state index in [2.05, 4.69) is 6.58 Å². The van der Waals surface area contributed by atoms with E-state index in [0.29, 0.717) is 11.1 Å². The Balaban J connectivity index is 2.46. The molecule has 0 bridgehead atoms. The van der Waals surface area contributed by atoms with Gasteiger partial charge in [-0.3, -0.25) is 4.79 Å². The minimum Gasteiger partial charge on any atom is -0.356 e.